The number of hydrogen-bond donors (Lipinski definition) is 1. The van der Waals surface area contributed by atoms with E-state index in [2.05, 4.69) is 0 Å². The summed E-state index contributed by atoms with van der Waals surface area (Å²) in [6, 6.07) is 7.78. The van der Waals surface area contributed by atoms with E-state index < -0.39 is 0 Å². The predicted octanol–water partition coefficient (Wildman–Crippen LogP) is 0.891. The van der Waals surface area contributed by atoms with Crippen molar-refractivity contribution in [2.24, 2.45) is 5.73 Å². The molecule has 1 aromatic carbocycles. The van der Waals surface area contributed by atoms with Gasteiger partial charge in [0.05, 0.1) is 6.54 Å². The van der Waals surface area contributed by atoms with Gasteiger partial charge in [-0.1, -0.05) is 12.1 Å². The normalized spacial score (nSPS) is 15.3. The van der Waals surface area contributed by atoms with Gasteiger partial charge in [0, 0.05) is 26.7 Å². The second-order valence-corrected chi connectivity index (χ2v) is 4.39. The Morgan fingerprint density at radius 2 is 2.00 bits per heavy atom. The molecule has 18 heavy (non-hydrogen) atoms. The molecule has 1 aliphatic rings. The number of benzene rings is 1. The number of nitrogens with two attached hydrogens (primary N) is 1. The lowest BCUT2D eigenvalue weighted by Gasteiger charge is -2.16. The van der Waals surface area contributed by atoms with E-state index in [0.29, 0.717) is 19.7 Å². The number of amides is 2. The van der Waals surface area contributed by atoms with E-state index in [0.717, 1.165) is 24.4 Å². The van der Waals surface area contributed by atoms with E-state index in [4.69, 9.17) is 10.5 Å². The van der Waals surface area contributed by atoms with Crippen LogP contribution >= 0.6 is 0 Å². The van der Waals surface area contributed by atoms with Crippen molar-refractivity contribution in [1.29, 1.82) is 0 Å². The lowest BCUT2D eigenvalue weighted by molar-refractivity contribution is 0.188. The summed E-state index contributed by atoms with van der Waals surface area (Å²) in [7, 11) is 1.81. The Bertz CT molecular complexity index is 405. The van der Waals surface area contributed by atoms with Crippen molar-refractivity contribution in [3.63, 3.8) is 0 Å². The molecular formula is C13H19N3O2. The summed E-state index contributed by atoms with van der Waals surface area (Å²) in [6.45, 7) is 3.26. The molecular weight excluding hydrogens is 230 g/mol. The van der Waals surface area contributed by atoms with Gasteiger partial charge in [-0.2, -0.15) is 0 Å². The standard InChI is InChI=1S/C13H19N3O2/c1-15-6-7-16(13(15)17)8-9-18-12-4-2-11(10-14)3-5-12/h2-5H,6-10,14H2,1H3. The van der Waals surface area contributed by atoms with E-state index >= 15 is 0 Å². The lowest BCUT2D eigenvalue weighted by atomic mass is 10.2. The summed E-state index contributed by atoms with van der Waals surface area (Å²) in [5, 5.41) is 0. The molecule has 0 atom stereocenters. The molecule has 1 saturated heterocycles. The Hall–Kier alpha value is -1.75. The minimum Gasteiger partial charge on any atom is -0.492 e. The summed E-state index contributed by atoms with van der Waals surface area (Å²) in [5.74, 6) is 0.812. The predicted molar refractivity (Wildman–Crippen MR) is 69.4 cm³/mol. The van der Waals surface area contributed by atoms with Crippen LogP contribution in [-0.4, -0.2) is 49.1 Å². The monoisotopic (exact) mass is 249 g/mol. The topological polar surface area (TPSA) is 58.8 Å². The molecule has 5 heteroatoms. The van der Waals surface area contributed by atoms with Crippen LogP contribution in [0.4, 0.5) is 4.79 Å². The highest BCUT2D eigenvalue weighted by atomic mass is 16.5. The number of urea groups is 1. The summed E-state index contributed by atoms with van der Waals surface area (Å²) in [6.07, 6.45) is 0. The molecule has 0 aliphatic carbocycles. The van der Waals surface area contributed by atoms with Crippen LogP contribution in [0, 0.1) is 0 Å². The second-order valence-electron chi connectivity index (χ2n) is 4.39. The minimum atomic E-state index is 0.0806. The van der Waals surface area contributed by atoms with Gasteiger partial charge in [0.25, 0.3) is 0 Å². The second kappa shape index (κ2) is 5.73. The zero-order valence-corrected chi connectivity index (χ0v) is 10.6. The van der Waals surface area contributed by atoms with Crippen molar-refractivity contribution < 1.29 is 9.53 Å². The summed E-state index contributed by atoms with van der Waals surface area (Å²) in [5.41, 5.74) is 6.60. The molecule has 98 valence electrons. The number of carbonyl (C=O) groups is 1. The largest absolute Gasteiger partial charge is 0.492 e. The first kappa shape index (κ1) is 12.7. The number of nitrogens with zero attached hydrogens (tertiary/aromatic N) is 2. The maximum atomic E-state index is 11.6. The fourth-order valence-corrected chi connectivity index (χ4v) is 1.91. The highest BCUT2D eigenvalue weighted by Crippen LogP contribution is 2.12. The third-order valence-corrected chi connectivity index (χ3v) is 3.09. The summed E-state index contributed by atoms with van der Waals surface area (Å²) in [4.78, 5) is 15.1. The third kappa shape index (κ3) is 2.92. The molecule has 1 heterocycles. The maximum Gasteiger partial charge on any atom is 0.319 e. The van der Waals surface area contributed by atoms with Gasteiger partial charge in [0.2, 0.25) is 0 Å². The van der Waals surface area contributed by atoms with Crippen molar-refractivity contribution in [2.45, 2.75) is 6.54 Å². The zero-order chi connectivity index (χ0) is 13.0. The molecule has 0 unspecified atom stereocenters. The molecule has 5 nitrogen and oxygen atoms in total. The minimum absolute atomic E-state index is 0.0806. The van der Waals surface area contributed by atoms with E-state index in [9.17, 15) is 4.79 Å². The van der Waals surface area contributed by atoms with Crippen molar-refractivity contribution in [1.82, 2.24) is 9.80 Å². The summed E-state index contributed by atoms with van der Waals surface area (Å²) < 4.78 is 5.60. The number of ether oxygens (including phenoxy) is 1. The SMILES string of the molecule is CN1CCN(CCOc2ccc(CN)cc2)C1=O. The lowest BCUT2D eigenvalue weighted by Crippen LogP contribution is -2.32. The molecule has 0 spiro atoms. The van der Waals surface area contributed by atoms with E-state index in [1.54, 1.807) is 9.80 Å². The van der Waals surface area contributed by atoms with Gasteiger partial charge in [-0.25, -0.2) is 4.79 Å². The highest BCUT2D eigenvalue weighted by molar-refractivity contribution is 5.76. The first-order chi connectivity index (χ1) is 8.70. The van der Waals surface area contributed by atoms with Crippen LogP contribution in [0.15, 0.2) is 24.3 Å². The fourth-order valence-electron chi connectivity index (χ4n) is 1.91. The van der Waals surface area contributed by atoms with Crippen molar-refractivity contribution in [3.05, 3.63) is 29.8 Å². The van der Waals surface area contributed by atoms with Crippen LogP contribution in [0.1, 0.15) is 5.56 Å². The molecule has 2 rings (SSSR count). The van der Waals surface area contributed by atoms with Crippen LogP contribution in [0.25, 0.3) is 0 Å². The maximum absolute atomic E-state index is 11.6. The molecule has 0 bridgehead atoms. The Kier molecular flexibility index (Phi) is 4.04. The van der Waals surface area contributed by atoms with Crippen molar-refractivity contribution >= 4 is 6.03 Å². The molecule has 1 aliphatic heterocycles. The van der Waals surface area contributed by atoms with E-state index in [-0.39, 0.29) is 6.03 Å². The van der Waals surface area contributed by atoms with Gasteiger partial charge in [-0.15, -0.1) is 0 Å². The third-order valence-electron chi connectivity index (χ3n) is 3.09. The first-order valence-electron chi connectivity index (χ1n) is 6.12. The molecule has 2 amide bonds. The van der Waals surface area contributed by atoms with Gasteiger partial charge in [-0.05, 0) is 17.7 Å². The first-order valence-corrected chi connectivity index (χ1v) is 6.12. The molecule has 2 N–H and O–H groups in total. The van der Waals surface area contributed by atoms with Crippen LogP contribution in [0.2, 0.25) is 0 Å². The molecule has 0 radical (unpaired) electrons. The smallest absolute Gasteiger partial charge is 0.319 e. The average molecular weight is 249 g/mol. The van der Waals surface area contributed by atoms with Gasteiger partial charge in [0.15, 0.2) is 0 Å². The Morgan fingerprint density at radius 1 is 1.28 bits per heavy atom. The van der Waals surface area contributed by atoms with Gasteiger partial charge in [-0.3, -0.25) is 0 Å². The number of rotatable bonds is 5. The Balaban J connectivity index is 1.76. The number of hydrogen-bond acceptors (Lipinski definition) is 3. The van der Waals surface area contributed by atoms with Crippen LogP contribution in [-0.2, 0) is 6.54 Å². The van der Waals surface area contributed by atoms with E-state index in [1.807, 2.05) is 31.3 Å². The quantitative estimate of drug-likeness (QED) is 0.843. The number of likely N-dealkylation sites (N-methyl/N-ethyl adjacent to an activating group) is 1. The van der Waals surface area contributed by atoms with Crippen molar-refractivity contribution in [2.75, 3.05) is 33.3 Å². The average Bonchev–Trinajstić information content (AvgIpc) is 2.71. The number of carbonyl (C=O) groups excluding carboxylic acids is 1. The van der Waals surface area contributed by atoms with Gasteiger partial charge >= 0.3 is 6.03 Å². The highest BCUT2D eigenvalue weighted by Gasteiger charge is 2.24. The zero-order valence-electron chi connectivity index (χ0n) is 10.6. The van der Waals surface area contributed by atoms with Crippen LogP contribution in [0.5, 0.6) is 5.75 Å². The molecule has 0 saturated carbocycles. The van der Waals surface area contributed by atoms with Gasteiger partial charge in [0.1, 0.15) is 12.4 Å². The van der Waals surface area contributed by atoms with E-state index in [1.165, 1.54) is 0 Å². The fraction of sp³-hybridized carbons (Fsp3) is 0.462. The van der Waals surface area contributed by atoms with Crippen LogP contribution in [0.3, 0.4) is 0 Å². The molecule has 0 aromatic heterocycles. The van der Waals surface area contributed by atoms with Gasteiger partial charge < -0.3 is 20.3 Å². The molecule has 1 fully saturated rings. The summed E-state index contributed by atoms with van der Waals surface area (Å²) >= 11 is 0. The Labute approximate surface area is 107 Å². The molecule has 1 aromatic rings. The van der Waals surface area contributed by atoms with Crippen molar-refractivity contribution in [3.8, 4) is 5.75 Å². The Morgan fingerprint density at radius 3 is 2.56 bits per heavy atom. The van der Waals surface area contributed by atoms with Crippen LogP contribution < -0.4 is 10.5 Å².